The van der Waals surface area contributed by atoms with Crippen LogP contribution in [0.15, 0.2) is 40.9 Å². The number of nitrogens with two attached hydrogens (primary N) is 1. The van der Waals surface area contributed by atoms with Crippen LogP contribution in [-0.4, -0.2) is 9.55 Å². The molecule has 2 aromatic carbocycles. The standard InChI is InChI=1S/C14H11BrFN3/c1-8-2-4-9(5-3-8)19-13-7-11(16)10(15)6-12(13)18-14(19)17/h2-7H,1H3,(H2,17,18). The van der Waals surface area contributed by atoms with Gasteiger partial charge in [-0.15, -0.1) is 0 Å². The van der Waals surface area contributed by atoms with Gasteiger partial charge in [0.1, 0.15) is 5.82 Å². The summed E-state index contributed by atoms with van der Waals surface area (Å²) in [7, 11) is 0. The van der Waals surface area contributed by atoms with Gasteiger partial charge < -0.3 is 5.73 Å². The minimum Gasteiger partial charge on any atom is -0.369 e. The second-order valence-electron chi connectivity index (χ2n) is 4.40. The summed E-state index contributed by atoms with van der Waals surface area (Å²) in [6, 6.07) is 10.9. The third kappa shape index (κ3) is 2.00. The molecule has 2 N–H and O–H groups in total. The van der Waals surface area contributed by atoms with Crippen molar-refractivity contribution in [3.8, 4) is 5.69 Å². The number of imidazole rings is 1. The Morgan fingerprint density at radius 2 is 1.89 bits per heavy atom. The third-order valence-electron chi connectivity index (χ3n) is 3.01. The predicted molar refractivity (Wildman–Crippen MR) is 77.9 cm³/mol. The van der Waals surface area contributed by atoms with Gasteiger partial charge in [0.25, 0.3) is 0 Å². The van der Waals surface area contributed by atoms with Gasteiger partial charge in [0.2, 0.25) is 5.95 Å². The van der Waals surface area contributed by atoms with Gasteiger partial charge >= 0.3 is 0 Å². The third-order valence-corrected chi connectivity index (χ3v) is 3.62. The van der Waals surface area contributed by atoms with Crippen LogP contribution in [0, 0.1) is 12.7 Å². The highest BCUT2D eigenvalue weighted by Gasteiger charge is 2.12. The molecule has 0 amide bonds. The summed E-state index contributed by atoms with van der Waals surface area (Å²) in [4.78, 5) is 4.26. The van der Waals surface area contributed by atoms with Crippen molar-refractivity contribution in [3.05, 3.63) is 52.3 Å². The Balaban J connectivity index is 2.31. The maximum absolute atomic E-state index is 13.7. The molecular weight excluding hydrogens is 309 g/mol. The lowest BCUT2D eigenvalue weighted by atomic mass is 10.2. The number of nitrogens with zero attached hydrogens (tertiary/aromatic N) is 2. The Labute approximate surface area is 118 Å². The van der Waals surface area contributed by atoms with Crippen molar-refractivity contribution in [3.63, 3.8) is 0 Å². The van der Waals surface area contributed by atoms with Crippen LogP contribution in [0.5, 0.6) is 0 Å². The van der Waals surface area contributed by atoms with Gasteiger partial charge in [0, 0.05) is 11.8 Å². The maximum Gasteiger partial charge on any atom is 0.205 e. The van der Waals surface area contributed by atoms with Crippen LogP contribution in [0.25, 0.3) is 16.7 Å². The molecule has 3 aromatic rings. The van der Waals surface area contributed by atoms with E-state index in [0.29, 0.717) is 21.5 Å². The predicted octanol–water partition coefficient (Wildman–Crippen LogP) is 3.82. The van der Waals surface area contributed by atoms with Crippen LogP contribution in [0.2, 0.25) is 0 Å². The first kappa shape index (κ1) is 12.2. The fourth-order valence-electron chi connectivity index (χ4n) is 2.06. The number of hydrogen-bond acceptors (Lipinski definition) is 2. The van der Waals surface area contributed by atoms with E-state index in [-0.39, 0.29) is 5.82 Å². The molecule has 0 aliphatic heterocycles. The lowest BCUT2D eigenvalue weighted by Crippen LogP contribution is -2.00. The van der Waals surface area contributed by atoms with E-state index in [1.165, 1.54) is 6.07 Å². The molecule has 0 aliphatic rings. The summed E-state index contributed by atoms with van der Waals surface area (Å²) < 4.78 is 15.8. The highest BCUT2D eigenvalue weighted by molar-refractivity contribution is 9.10. The molecule has 5 heteroatoms. The van der Waals surface area contributed by atoms with Crippen molar-refractivity contribution in [2.24, 2.45) is 0 Å². The molecule has 0 spiro atoms. The highest BCUT2D eigenvalue weighted by Crippen LogP contribution is 2.27. The van der Waals surface area contributed by atoms with E-state index >= 15 is 0 Å². The fourth-order valence-corrected chi connectivity index (χ4v) is 2.39. The summed E-state index contributed by atoms with van der Waals surface area (Å²) in [5, 5.41) is 0. The molecule has 0 saturated carbocycles. The molecule has 1 aromatic heterocycles. The monoisotopic (exact) mass is 319 g/mol. The van der Waals surface area contributed by atoms with E-state index in [9.17, 15) is 4.39 Å². The molecule has 0 atom stereocenters. The number of hydrogen-bond donors (Lipinski definition) is 1. The molecule has 96 valence electrons. The number of anilines is 1. The summed E-state index contributed by atoms with van der Waals surface area (Å²) in [6.07, 6.45) is 0. The van der Waals surface area contributed by atoms with E-state index in [4.69, 9.17) is 5.73 Å². The van der Waals surface area contributed by atoms with Crippen molar-refractivity contribution in [1.82, 2.24) is 9.55 Å². The number of benzene rings is 2. The highest BCUT2D eigenvalue weighted by atomic mass is 79.9. The second kappa shape index (κ2) is 4.35. The lowest BCUT2D eigenvalue weighted by Gasteiger charge is -2.07. The average Bonchev–Trinajstić information content (AvgIpc) is 2.67. The van der Waals surface area contributed by atoms with Crippen molar-refractivity contribution in [2.75, 3.05) is 5.73 Å². The molecule has 3 rings (SSSR count). The smallest absolute Gasteiger partial charge is 0.205 e. The lowest BCUT2D eigenvalue weighted by molar-refractivity contribution is 0.622. The van der Waals surface area contributed by atoms with E-state index < -0.39 is 0 Å². The van der Waals surface area contributed by atoms with Gasteiger partial charge in [-0.1, -0.05) is 17.7 Å². The SMILES string of the molecule is Cc1ccc(-n2c(N)nc3cc(Br)c(F)cc32)cc1. The fraction of sp³-hybridized carbons (Fsp3) is 0.0714. The first-order valence-electron chi connectivity index (χ1n) is 5.76. The summed E-state index contributed by atoms with van der Waals surface area (Å²) in [6.45, 7) is 2.01. The Bertz CT molecular complexity index is 762. The van der Waals surface area contributed by atoms with Gasteiger partial charge in [-0.2, -0.15) is 0 Å². The Hall–Kier alpha value is -1.88. The van der Waals surface area contributed by atoms with Crippen molar-refractivity contribution < 1.29 is 4.39 Å². The Morgan fingerprint density at radius 3 is 2.58 bits per heavy atom. The van der Waals surface area contributed by atoms with Crippen molar-refractivity contribution in [2.45, 2.75) is 6.92 Å². The minimum absolute atomic E-state index is 0.333. The summed E-state index contributed by atoms with van der Waals surface area (Å²) in [5.74, 6) is 0.0112. The second-order valence-corrected chi connectivity index (χ2v) is 5.25. The molecule has 1 heterocycles. The first-order chi connectivity index (χ1) is 9.06. The Morgan fingerprint density at radius 1 is 1.21 bits per heavy atom. The Kier molecular flexibility index (Phi) is 2.78. The molecule has 0 aliphatic carbocycles. The van der Waals surface area contributed by atoms with Gasteiger partial charge in [0.05, 0.1) is 15.5 Å². The number of rotatable bonds is 1. The normalized spacial score (nSPS) is 11.1. The number of nitrogen functional groups attached to an aromatic ring is 1. The first-order valence-corrected chi connectivity index (χ1v) is 6.55. The zero-order valence-electron chi connectivity index (χ0n) is 10.2. The number of aromatic nitrogens is 2. The summed E-state index contributed by atoms with van der Waals surface area (Å²) in [5.41, 5.74) is 9.27. The number of fused-ring (bicyclic) bond motifs is 1. The molecule has 0 bridgehead atoms. The molecule has 0 saturated heterocycles. The summed E-state index contributed by atoms with van der Waals surface area (Å²) >= 11 is 3.15. The number of aryl methyl sites for hydroxylation is 1. The largest absolute Gasteiger partial charge is 0.369 e. The van der Waals surface area contributed by atoms with Gasteiger partial charge in [-0.05, 0) is 41.1 Å². The molecule has 3 nitrogen and oxygen atoms in total. The van der Waals surface area contributed by atoms with Crippen molar-refractivity contribution >= 4 is 32.9 Å². The number of halogens is 2. The van der Waals surface area contributed by atoms with Crippen LogP contribution in [0.3, 0.4) is 0 Å². The van der Waals surface area contributed by atoms with Crippen LogP contribution in [-0.2, 0) is 0 Å². The maximum atomic E-state index is 13.7. The zero-order chi connectivity index (χ0) is 13.6. The average molecular weight is 320 g/mol. The van der Waals surface area contributed by atoms with Gasteiger partial charge in [-0.3, -0.25) is 4.57 Å². The minimum atomic E-state index is -0.333. The zero-order valence-corrected chi connectivity index (χ0v) is 11.8. The topological polar surface area (TPSA) is 43.8 Å². The molecule has 0 fully saturated rings. The molecule has 0 unspecified atom stereocenters. The quantitative estimate of drug-likeness (QED) is 0.741. The van der Waals surface area contributed by atoms with E-state index in [1.54, 1.807) is 10.6 Å². The van der Waals surface area contributed by atoms with Crippen LogP contribution < -0.4 is 5.73 Å². The molecular formula is C14H11BrFN3. The van der Waals surface area contributed by atoms with Crippen LogP contribution in [0.4, 0.5) is 10.3 Å². The van der Waals surface area contributed by atoms with Gasteiger partial charge in [-0.25, -0.2) is 9.37 Å². The van der Waals surface area contributed by atoms with E-state index in [2.05, 4.69) is 20.9 Å². The van der Waals surface area contributed by atoms with Gasteiger partial charge in [0.15, 0.2) is 0 Å². The molecule has 19 heavy (non-hydrogen) atoms. The van der Waals surface area contributed by atoms with E-state index in [0.717, 1.165) is 11.3 Å². The van der Waals surface area contributed by atoms with Crippen LogP contribution >= 0.6 is 15.9 Å². The van der Waals surface area contributed by atoms with Crippen molar-refractivity contribution in [1.29, 1.82) is 0 Å². The molecule has 0 radical (unpaired) electrons. The van der Waals surface area contributed by atoms with Crippen LogP contribution in [0.1, 0.15) is 5.56 Å². The van der Waals surface area contributed by atoms with E-state index in [1.807, 2.05) is 31.2 Å².